The molecule has 1 aromatic heterocycles. The summed E-state index contributed by atoms with van der Waals surface area (Å²) in [5.74, 6) is 1.03. The van der Waals surface area contributed by atoms with E-state index in [1.165, 1.54) is 5.56 Å². The Labute approximate surface area is 191 Å². The van der Waals surface area contributed by atoms with Gasteiger partial charge in [-0.25, -0.2) is 15.0 Å². The number of fused-ring (bicyclic) bond motifs is 1. The van der Waals surface area contributed by atoms with Crippen molar-refractivity contribution in [3.8, 4) is 0 Å². The molecule has 1 aromatic carbocycles. The Balaban J connectivity index is 1.85. The van der Waals surface area contributed by atoms with Crippen LogP contribution in [-0.2, 0) is 10.2 Å². The number of hydrogen-bond donors (Lipinski definition) is 2. The summed E-state index contributed by atoms with van der Waals surface area (Å²) in [6.45, 7) is 12.7. The molecule has 0 saturated carbocycles. The fourth-order valence-corrected chi connectivity index (χ4v) is 4.20. The minimum atomic E-state index is -0.149. The number of rotatable bonds is 9. The average Bonchev–Trinajstić information content (AvgIpc) is 3.06. The summed E-state index contributed by atoms with van der Waals surface area (Å²) >= 11 is 0. The summed E-state index contributed by atoms with van der Waals surface area (Å²) in [6.07, 6.45) is 3.63. The summed E-state index contributed by atoms with van der Waals surface area (Å²) in [6, 6.07) is 8.40. The van der Waals surface area contributed by atoms with Crippen molar-refractivity contribution < 1.29 is 4.79 Å². The quantitative estimate of drug-likeness (QED) is 0.579. The van der Waals surface area contributed by atoms with E-state index >= 15 is 0 Å². The van der Waals surface area contributed by atoms with Gasteiger partial charge in [0.15, 0.2) is 5.82 Å². The van der Waals surface area contributed by atoms with Gasteiger partial charge in [-0.15, -0.1) is 0 Å². The topological polar surface area (TPSA) is 82.5 Å². The zero-order valence-electron chi connectivity index (χ0n) is 20.2. The van der Waals surface area contributed by atoms with E-state index in [1.54, 1.807) is 13.3 Å². The molecule has 7 heteroatoms. The van der Waals surface area contributed by atoms with Crippen LogP contribution in [0, 0.1) is 12.8 Å². The van der Waals surface area contributed by atoms with Crippen molar-refractivity contribution in [2.45, 2.75) is 52.9 Å². The highest BCUT2D eigenvalue weighted by atomic mass is 16.1. The molecule has 0 fully saturated rings. The van der Waals surface area contributed by atoms with Gasteiger partial charge in [-0.3, -0.25) is 4.79 Å². The second-order valence-electron chi connectivity index (χ2n) is 9.19. The van der Waals surface area contributed by atoms with E-state index in [9.17, 15) is 4.79 Å². The monoisotopic (exact) mass is 436 g/mol. The maximum atomic E-state index is 12.8. The predicted molar refractivity (Wildman–Crippen MR) is 131 cm³/mol. The van der Waals surface area contributed by atoms with Gasteiger partial charge in [0.25, 0.3) is 5.91 Å². The molecule has 0 saturated heterocycles. The number of aliphatic imine (C=N–C) groups is 1. The molecular weight excluding hydrogens is 400 g/mol. The van der Waals surface area contributed by atoms with Gasteiger partial charge in [0, 0.05) is 24.2 Å². The molecule has 0 radical (unpaired) electrons. The van der Waals surface area contributed by atoms with Crippen LogP contribution in [0.4, 0.5) is 17.2 Å². The molecule has 1 amide bonds. The molecule has 172 valence electrons. The number of benzene rings is 1. The third kappa shape index (κ3) is 5.15. The molecule has 0 spiro atoms. The highest BCUT2D eigenvalue weighted by molar-refractivity contribution is 6.38. The minimum absolute atomic E-state index is 0.00857. The van der Waals surface area contributed by atoms with Crippen molar-refractivity contribution in [2.75, 3.05) is 31.6 Å². The number of anilines is 2. The van der Waals surface area contributed by atoms with Gasteiger partial charge in [0.05, 0.1) is 5.69 Å². The second-order valence-corrected chi connectivity index (χ2v) is 9.19. The van der Waals surface area contributed by atoms with Crippen LogP contribution in [0.5, 0.6) is 0 Å². The van der Waals surface area contributed by atoms with Gasteiger partial charge in [-0.05, 0) is 51.4 Å². The first-order valence-corrected chi connectivity index (χ1v) is 11.4. The van der Waals surface area contributed by atoms with Crippen LogP contribution in [0.1, 0.15) is 51.8 Å². The van der Waals surface area contributed by atoms with Gasteiger partial charge in [-0.1, -0.05) is 45.4 Å². The largest absolute Gasteiger partial charge is 0.351 e. The number of hydrogen-bond acceptors (Lipinski definition) is 6. The molecule has 0 bridgehead atoms. The Morgan fingerprint density at radius 1 is 1.28 bits per heavy atom. The van der Waals surface area contributed by atoms with Crippen molar-refractivity contribution in [3.63, 3.8) is 0 Å². The van der Waals surface area contributed by atoms with Crippen molar-refractivity contribution in [2.24, 2.45) is 10.9 Å². The lowest BCUT2D eigenvalue weighted by atomic mass is 9.87. The Morgan fingerprint density at radius 3 is 2.75 bits per heavy atom. The molecule has 7 nitrogen and oxygen atoms in total. The van der Waals surface area contributed by atoms with E-state index in [-0.39, 0.29) is 11.3 Å². The van der Waals surface area contributed by atoms with Crippen LogP contribution in [-0.4, -0.2) is 48.3 Å². The zero-order valence-corrected chi connectivity index (χ0v) is 20.2. The molecule has 1 atom stereocenters. The smallest absolute Gasteiger partial charge is 0.265 e. The highest BCUT2D eigenvalue weighted by Gasteiger charge is 2.37. The standard InChI is InChI=1S/C25H36N6O/c1-7-19(12-13-26-6)14-27-24(32)18(3)30-22-17(2)28-16-29-23(22)31-15-25(4,5)20-10-8-9-11-21(20)31/h8-11,16,19,26H,7,12-15H2,1-6H3,(H,27,32)/b30-18+. The van der Waals surface area contributed by atoms with Gasteiger partial charge >= 0.3 is 0 Å². The maximum Gasteiger partial charge on any atom is 0.265 e. The van der Waals surface area contributed by atoms with Crippen molar-refractivity contribution >= 4 is 28.8 Å². The first-order chi connectivity index (χ1) is 15.3. The van der Waals surface area contributed by atoms with E-state index in [0.29, 0.717) is 23.9 Å². The van der Waals surface area contributed by atoms with Crippen LogP contribution >= 0.6 is 0 Å². The molecule has 2 heterocycles. The third-order valence-electron chi connectivity index (χ3n) is 6.26. The normalized spacial score (nSPS) is 16.1. The van der Waals surface area contributed by atoms with E-state index in [0.717, 1.165) is 43.1 Å². The lowest BCUT2D eigenvalue weighted by molar-refractivity contribution is -0.115. The summed E-state index contributed by atoms with van der Waals surface area (Å²) < 4.78 is 0. The summed E-state index contributed by atoms with van der Waals surface area (Å²) in [5, 5.41) is 6.22. The summed E-state index contributed by atoms with van der Waals surface area (Å²) in [5.41, 5.74) is 4.22. The molecular formula is C25H36N6O. The Morgan fingerprint density at radius 2 is 2.03 bits per heavy atom. The van der Waals surface area contributed by atoms with Gasteiger partial charge < -0.3 is 15.5 Å². The minimum Gasteiger partial charge on any atom is -0.351 e. The fraction of sp³-hybridized carbons (Fsp3) is 0.520. The number of aryl methyl sites for hydroxylation is 1. The van der Waals surface area contributed by atoms with Crippen LogP contribution in [0.2, 0.25) is 0 Å². The molecule has 32 heavy (non-hydrogen) atoms. The molecule has 3 rings (SSSR count). The van der Waals surface area contributed by atoms with Crippen LogP contribution in [0.15, 0.2) is 35.6 Å². The van der Waals surface area contributed by atoms with Gasteiger partial charge in [-0.2, -0.15) is 0 Å². The lowest BCUT2D eigenvalue weighted by Crippen LogP contribution is -2.34. The number of amides is 1. The summed E-state index contributed by atoms with van der Waals surface area (Å²) in [4.78, 5) is 28.6. The second kappa shape index (κ2) is 10.2. The lowest BCUT2D eigenvalue weighted by Gasteiger charge is -2.23. The SMILES string of the molecule is CCC(CCNC)CNC(=O)/C(C)=N/c1c(C)ncnc1N1CC(C)(C)c2ccccc21. The van der Waals surface area contributed by atoms with Crippen LogP contribution < -0.4 is 15.5 Å². The molecule has 1 unspecified atom stereocenters. The van der Waals surface area contributed by atoms with E-state index < -0.39 is 0 Å². The van der Waals surface area contributed by atoms with Gasteiger partial charge in [0.2, 0.25) is 0 Å². The zero-order chi connectivity index (χ0) is 23.3. The van der Waals surface area contributed by atoms with Crippen molar-refractivity contribution in [1.29, 1.82) is 0 Å². The first-order valence-electron chi connectivity index (χ1n) is 11.4. The van der Waals surface area contributed by atoms with E-state index in [4.69, 9.17) is 4.99 Å². The van der Waals surface area contributed by atoms with E-state index in [2.05, 4.69) is 64.5 Å². The van der Waals surface area contributed by atoms with E-state index in [1.807, 2.05) is 20.0 Å². The molecule has 0 aliphatic carbocycles. The van der Waals surface area contributed by atoms with Gasteiger partial charge in [0.1, 0.15) is 17.7 Å². The van der Waals surface area contributed by atoms with Crippen LogP contribution in [0.25, 0.3) is 0 Å². The van der Waals surface area contributed by atoms with Crippen molar-refractivity contribution in [1.82, 2.24) is 20.6 Å². The Kier molecular flexibility index (Phi) is 7.61. The maximum absolute atomic E-state index is 12.8. The average molecular weight is 437 g/mol. The first kappa shape index (κ1) is 23.9. The Bertz CT molecular complexity index is 984. The number of nitrogens with one attached hydrogen (secondary N) is 2. The molecule has 2 aromatic rings. The highest BCUT2D eigenvalue weighted by Crippen LogP contribution is 2.46. The Hall–Kier alpha value is -2.80. The van der Waals surface area contributed by atoms with Crippen molar-refractivity contribution in [3.05, 3.63) is 41.9 Å². The molecule has 2 N–H and O–H groups in total. The fourth-order valence-electron chi connectivity index (χ4n) is 4.20. The number of carbonyl (C=O) groups excluding carboxylic acids is 1. The number of para-hydroxylation sites is 1. The summed E-state index contributed by atoms with van der Waals surface area (Å²) in [7, 11) is 1.95. The van der Waals surface area contributed by atoms with Crippen LogP contribution in [0.3, 0.4) is 0 Å². The molecule has 1 aliphatic heterocycles. The number of aromatic nitrogens is 2. The number of carbonyl (C=O) groups is 1. The third-order valence-corrected chi connectivity index (χ3v) is 6.26. The molecule has 1 aliphatic rings. The number of nitrogens with zero attached hydrogens (tertiary/aromatic N) is 4. The predicted octanol–water partition coefficient (Wildman–Crippen LogP) is 4.06.